The maximum absolute atomic E-state index is 11.3. The van der Waals surface area contributed by atoms with Crippen LogP contribution in [-0.2, 0) is 14.9 Å². The van der Waals surface area contributed by atoms with Crippen LogP contribution in [0.25, 0.3) is 0 Å². The Bertz CT molecular complexity index is 620. The second kappa shape index (κ2) is 4.94. The van der Waals surface area contributed by atoms with Crippen molar-refractivity contribution in [2.75, 3.05) is 0 Å². The summed E-state index contributed by atoms with van der Waals surface area (Å²) in [6.45, 7) is 2.81. The molecule has 0 heterocycles. The molecule has 9 heteroatoms. The van der Waals surface area contributed by atoms with Gasteiger partial charge in [-0.2, -0.15) is 8.42 Å². The lowest BCUT2D eigenvalue weighted by atomic mass is 10.3. The van der Waals surface area contributed by atoms with Gasteiger partial charge in [0.1, 0.15) is 0 Å². The first-order valence-electron chi connectivity index (χ1n) is 4.35. The molecule has 1 rings (SSSR count). The Hall–Kier alpha value is -2.26. The fraction of sp³-hybridized carbons (Fsp3) is 0. The van der Waals surface area contributed by atoms with Crippen LogP contribution < -0.4 is 4.74 Å². The molecule has 1 aromatic rings. The molecular formula is C9H7NO7S. The van der Waals surface area contributed by atoms with Gasteiger partial charge in [-0.3, -0.25) is 14.7 Å². The summed E-state index contributed by atoms with van der Waals surface area (Å²) < 4.78 is 34.2. The third-order valence-corrected chi connectivity index (χ3v) is 2.59. The minimum absolute atomic E-state index is 0.447. The number of carbonyl (C=O) groups is 1. The van der Waals surface area contributed by atoms with Crippen molar-refractivity contribution in [2.45, 2.75) is 0 Å². The third-order valence-electron chi connectivity index (χ3n) is 1.80. The van der Waals surface area contributed by atoms with E-state index in [2.05, 4.69) is 11.3 Å². The van der Waals surface area contributed by atoms with Crippen LogP contribution in [0, 0.1) is 10.1 Å². The lowest BCUT2D eigenvalue weighted by molar-refractivity contribution is -0.385. The van der Waals surface area contributed by atoms with E-state index in [-0.39, 0.29) is 0 Å². The quantitative estimate of drug-likeness (QED) is 0.216. The molecule has 0 amide bonds. The molecule has 0 aliphatic rings. The number of nitrogens with zero attached hydrogens (tertiary/aromatic N) is 1. The molecule has 0 saturated carbocycles. The second-order valence-corrected chi connectivity index (χ2v) is 4.46. The fourth-order valence-electron chi connectivity index (χ4n) is 0.956. The lowest BCUT2D eigenvalue weighted by Crippen LogP contribution is -2.17. The van der Waals surface area contributed by atoms with Crippen LogP contribution in [-0.4, -0.2) is 23.9 Å². The number of nitro groups is 1. The average molecular weight is 273 g/mol. The van der Waals surface area contributed by atoms with E-state index >= 15 is 0 Å². The second-order valence-electron chi connectivity index (χ2n) is 3.01. The van der Waals surface area contributed by atoms with Gasteiger partial charge in [0, 0.05) is 6.07 Å². The van der Waals surface area contributed by atoms with Crippen molar-refractivity contribution in [3.8, 4) is 5.75 Å². The van der Waals surface area contributed by atoms with Crippen LogP contribution in [0.5, 0.6) is 5.75 Å². The van der Waals surface area contributed by atoms with Crippen LogP contribution in [0.2, 0.25) is 0 Å². The van der Waals surface area contributed by atoms with E-state index in [0.717, 1.165) is 12.1 Å². The predicted octanol–water partition coefficient (Wildman–Crippen LogP) is 0.902. The zero-order valence-corrected chi connectivity index (χ0v) is 9.59. The largest absolute Gasteiger partial charge is 0.415 e. The number of esters is 1. The number of hydrogen-bond acceptors (Lipinski definition) is 6. The van der Waals surface area contributed by atoms with Crippen molar-refractivity contribution in [1.29, 1.82) is 0 Å². The van der Waals surface area contributed by atoms with E-state index in [0.29, 0.717) is 0 Å². The molecular weight excluding hydrogens is 266 g/mol. The summed E-state index contributed by atoms with van der Waals surface area (Å²) in [5, 5.41) is 10.6. The van der Waals surface area contributed by atoms with Crippen LogP contribution in [0.1, 0.15) is 0 Å². The highest BCUT2D eigenvalue weighted by Crippen LogP contribution is 2.26. The van der Waals surface area contributed by atoms with Crippen molar-refractivity contribution < 1.29 is 27.4 Å². The Morgan fingerprint density at radius 1 is 1.39 bits per heavy atom. The topological polar surface area (TPSA) is 124 Å². The highest BCUT2D eigenvalue weighted by atomic mass is 32.2. The normalized spacial score (nSPS) is 10.7. The van der Waals surface area contributed by atoms with Gasteiger partial charge in [0.2, 0.25) is 5.75 Å². The number of ether oxygens (including phenoxy) is 1. The molecule has 0 aliphatic heterocycles. The maximum Gasteiger partial charge on any atom is 0.357 e. The highest BCUT2D eigenvalue weighted by Gasteiger charge is 2.25. The molecule has 0 unspecified atom stereocenters. The first-order valence-corrected chi connectivity index (χ1v) is 5.79. The minimum Gasteiger partial charge on any atom is -0.415 e. The van der Waals surface area contributed by atoms with Gasteiger partial charge in [0.15, 0.2) is 4.91 Å². The van der Waals surface area contributed by atoms with Gasteiger partial charge < -0.3 is 4.74 Å². The Kier molecular flexibility index (Phi) is 3.79. The van der Waals surface area contributed by atoms with Gasteiger partial charge in [0.25, 0.3) is 0 Å². The molecule has 8 nitrogen and oxygen atoms in total. The van der Waals surface area contributed by atoms with Gasteiger partial charge in [-0.15, -0.1) is 0 Å². The Morgan fingerprint density at radius 2 is 1.94 bits per heavy atom. The zero-order chi connectivity index (χ0) is 13.9. The summed E-state index contributed by atoms with van der Waals surface area (Å²) in [5.41, 5.74) is -0.519. The predicted molar refractivity (Wildman–Crippen MR) is 59.4 cm³/mol. The lowest BCUT2D eigenvalue weighted by Gasteiger charge is -2.04. The molecule has 0 radical (unpaired) electrons. The average Bonchev–Trinajstić information content (AvgIpc) is 2.27. The number of nitro benzene ring substituents is 1. The first kappa shape index (κ1) is 13.8. The van der Waals surface area contributed by atoms with E-state index in [9.17, 15) is 23.3 Å². The minimum atomic E-state index is -4.79. The van der Waals surface area contributed by atoms with Gasteiger partial charge >= 0.3 is 21.8 Å². The SMILES string of the molecule is C=C(C(=O)Oc1ccccc1[N+](=O)[O-])S(=O)(=O)O. The van der Waals surface area contributed by atoms with Crippen LogP contribution in [0.4, 0.5) is 5.69 Å². The Balaban J connectivity index is 3.03. The summed E-state index contributed by atoms with van der Waals surface area (Å²) in [4.78, 5) is 19.8. The van der Waals surface area contributed by atoms with Crippen molar-refractivity contribution in [3.05, 3.63) is 45.9 Å². The fourth-order valence-corrected chi connectivity index (χ4v) is 1.21. The summed E-state index contributed by atoms with van der Waals surface area (Å²) in [6, 6.07) is 4.87. The van der Waals surface area contributed by atoms with E-state index in [1.54, 1.807) is 0 Å². The van der Waals surface area contributed by atoms with Crippen molar-refractivity contribution >= 4 is 21.8 Å². The molecule has 1 N–H and O–H groups in total. The molecule has 0 atom stereocenters. The highest BCUT2D eigenvalue weighted by molar-refractivity contribution is 7.90. The standard InChI is InChI=1S/C9H7NO7S/c1-6(18(14,15)16)9(11)17-8-5-3-2-4-7(8)10(12)13/h2-5H,1H2,(H,14,15,16). The molecule has 96 valence electrons. The van der Waals surface area contributed by atoms with Crippen LogP contribution in [0.3, 0.4) is 0 Å². The van der Waals surface area contributed by atoms with Gasteiger partial charge in [-0.05, 0) is 6.07 Å². The van der Waals surface area contributed by atoms with Crippen molar-refractivity contribution in [3.63, 3.8) is 0 Å². The first-order chi connectivity index (χ1) is 8.23. The smallest absolute Gasteiger partial charge is 0.357 e. The molecule has 0 saturated heterocycles. The molecule has 0 spiro atoms. The van der Waals surface area contributed by atoms with Gasteiger partial charge in [-0.1, -0.05) is 18.7 Å². The Labute approximate surface area is 101 Å². The van der Waals surface area contributed by atoms with Crippen LogP contribution in [0.15, 0.2) is 35.7 Å². The Morgan fingerprint density at radius 3 is 2.44 bits per heavy atom. The number of para-hydroxylation sites is 2. The molecule has 0 aromatic heterocycles. The molecule has 0 bridgehead atoms. The molecule has 1 aromatic carbocycles. The van der Waals surface area contributed by atoms with Crippen LogP contribution >= 0.6 is 0 Å². The number of carbonyl (C=O) groups excluding carboxylic acids is 1. The molecule has 0 aliphatic carbocycles. The molecule has 0 fully saturated rings. The monoisotopic (exact) mass is 273 g/mol. The van der Waals surface area contributed by atoms with Crippen molar-refractivity contribution in [2.24, 2.45) is 0 Å². The molecule has 18 heavy (non-hydrogen) atoms. The summed E-state index contributed by atoms with van der Waals surface area (Å²) in [7, 11) is -4.79. The maximum atomic E-state index is 11.3. The van der Waals surface area contributed by atoms with Crippen molar-refractivity contribution in [1.82, 2.24) is 0 Å². The summed E-state index contributed by atoms with van der Waals surface area (Å²) in [6.07, 6.45) is 0. The van der Waals surface area contributed by atoms with E-state index in [4.69, 9.17) is 4.55 Å². The van der Waals surface area contributed by atoms with E-state index in [1.165, 1.54) is 12.1 Å². The van der Waals surface area contributed by atoms with E-state index < -0.39 is 37.4 Å². The number of benzene rings is 1. The summed E-state index contributed by atoms with van der Waals surface area (Å²) >= 11 is 0. The van der Waals surface area contributed by atoms with Gasteiger partial charge in [-0.25, -0.2) is 4.79 Å². The number of hydrogen-bond donors (Lipinski definition) is 1. The van der Waals surface area contributed by atoms with Gasteiger partial charge in [0.05, 0.1) is 4.92 Å². The zero-order valence-electron chi connectivity index (χ0n) is 8.77. The third kappa shape index (κ3) is 3.12. The number of rotatable bonds is 4. The summed E-state index contributed by atoms with van der Waals surface area (Å²) in [5.74, 6) is -1.94. The van der Waals surface area contributed by atoms with E-state index in [1.807, 2.05) is 0 Å².